The van der Waals surface area contributed by atoms with E-state index in [1.165, 1.54) is 0 Å². The second-order valence-corrected chi connectivity index (χ2v) is 5.06. The zero-order valence-electron chi connectivity index (χ0n) is 11.4. The molecule has 0 unspecified atom stereocenters. The highest BCUT2D eigenvalue weighted by Crippen LogP contribution is 2.32. The summed E-state index contributed by atoms with van der Waals surface area (Å²) in [6, 6.07) is 11.4. The molecule has 21 heavy (non-hydrogen) atoms. The average molecular weight is 295 g/mol. The van der Waals surface area contributed by atoms with E-state index in [-0.39, 0.29) is 4.99 Å². The van der Waals surface area contributed by atoms with Crippen LogP contribution in [0, 0.1) is 6.92 Å². The number of ether oxygens (including phenoxy) is 1. The van der Waals surface area contributed by atoms with Crippen molar-refractivity contribution in [2.75, 3.05) is 0 Å². The lowest BCUT2D eigenvalue weighted by atomic mass is 10.1. The van der Waals surface area contributed by atoms with Crippen molar-refractivity contribution in [3.8, 4) is 11.5 Å². The quantitative estimate of drug-likeness (QED) is 0.751. The minimum atomic E-state index is 0.253. The predicted octanol–water partition coefficient (Wildman–Crippen LogP) is 3.36. The minimum absolute atomic E-state index is 0.253. The van der Waals surface area contributed by atoms with Gasteiger partial charge < -0.3 is 10.5 Å². The molecule has 0 fully saturated rings. The van der Waals surface area contributed by atoms with E-state index < -0.39 is 0 Å². The molecule has 2 aromatic heterocycles. The molecule has 5 heteroatoms. The molecule has 0 saturated heterocycles. The van der Waals surface area contributed by atoms with E-state index >= 15 is 0 Å². The summed E-state index contributed by atoms with van der Waals surface area (Å²) < 4.78 is 5.97. The monoisotopic (exact) mass is 295 g/mol. The maximum Gasteiger partial charge on any atom is 0.148 e. The molecule has 2 heterocycles. The van der Waals surface area contributed by atoms with Gasteiger partial charge in [-0.25, -0.2) is 0 Å². The lowest BCUT2D eigenvalue weighted by Gasteiger charge is -2.12. The SMILES string of the molecule is Cc1ccc(Oc2c(C(N)=S)cnc3ccccc23)cn1. The van der Waals surface area contributed by atoms with Gasteiger partial charge in [-0.05, 0) is 31.2 Å². The van der Waals surface area contributed by atoms with Crippen LogP contribution in [0.4, 0.5) is 0 Å². The summed E-state index contributed by atoms with van der Waals surface area (Å²) in [5.74, 6) is 1.24. The molecule has 0 radical (unpaired) electrons. The Hall–Kier alpha value is -2.53. The first-order chi connectivity index (χ1) is 10.1. The van der Waals surface area contributed by atoms with Crippen LogP contribution in [-0.2, 0) is 0 Å². The highest BCUT2D eigenvalue weighted by atomic mass is 32.1. The van der Waals surface area contributed by atoms with Gasteiger partial charge in [0.1, 0.15) is 16.5 Å². The number of hydrogen-bond acceptors (Lipinski definition) is 4. The third-order valence-electron chi connectivity index (χ3n) is 3.10. The van der Waals surface area contributed by atoms with E-state index in [2.05, 4.69) is 9.97 Å². The standard InChI is InChI=1S/C16H13N3OS/c1-10-6-7-11(8-18-10)20-15-12-4-2-3-5-14(12)19-9-13(15)16(17)21/h2-9H,1H3,(H2,17,21). The third kappa shape index (κ3) is 2.68. The van der Waals surface area contributed by atoms with E-state index in [9.17, 15) is 0 Å². The number of rotatable bonds is 3. The topological polar surface area (TPSA) is 61.0 Å². The predicted molar refractivity (Wildman–Crippen MR) is 86.7 cm³/mol. The van der Waals surface area contributed by atoms with Crippen molar-refractivity contribution < 1.29 is 4.74 Å². The number of hydrogen-bond donors (Lipinski definition) is 1. The molecule has 0 aliphatic carbocycles. The van der Waals surface area contributed by atoms with Crippen LogP contribution < -0.4 is 10.5 Å². The van der Waals surface area contributed by atoms with Crippen LogP contribution in [-0.4, -0.2) is 15.0 Å². The Kier molecular flexibility index (Phi) is 3.50. The molecule has 3 aromatic rings. The van der Waals surface area contributed by atoms with Crippen LogP contribution in [0.2, 0.25) is 0 Å². The van der Waals surface area contributed by atoms with E-state index in [1.807, 2.05) is 43.3 Å². The van der Waals surface area contributed by atoms with Crippen molar-refractivity contribution in [3.63, 3.8) is 0 Å². The number of nitrogens with zero attached hydrogens (tertiary/aromatic N) is 2. The van der Waals surface area contributed by atoms with Crippen molar-refractivity contribution in [3.05, 3.63) is 60.0 Å². The molecule has 0 aliphatic heterocycles. The summed E-state index contributed by atoms with van der Waals surface area (Å²) in [7, 11) is 0. The summed E-state index contributed by atoms with van der Waals surface area (Å²) in [6.07, 6.45) is 3.31. The zero-order valence-corrected chi connectivity index (χ0v) is 12.2. The lowest BCUT2D eigenvalue weighted by Crippen LogP contribution is -2.11. The van der Waals surface area contributed by atoms with Gasteiger partial charge in [0.15, 0.2) is 0 Å². The number of aryl methyl sites for hydroxylation is 1. The van der Waals surface area contributed by atoms with E-state index in [0.29, 0.717) is 17.1 Å². The lowest BCUT2D eigenvalue weighted by molar-refractivity contribution is 0.484. The van der Waals surface area contributed by atoms with Crippen molar-refractivity contribution in [2.24, 2.45) is 5.73 Å². The molecule has 0 aliphatic rings. The van der Waals surface area contributed by atoms with Crippen molar-refractivity contribution in [1.82, 2.24) is 9.97 Å². The Balaban J connectivity index is 2.16. The largest absolute Gasteiger partial charge is 0.454 e. The van der Waals surface area contributed by atoms with Crippen LogP contribution in [0.25, 0.3) is 10.9 Å². The number of pyridine rings is 2. The van der Waals surface area contributed by atoms with Crippen LogP contribution >= 0.6 is 12.2 Å². The Morgan fingerprint density at radius 3 is 2.62 bits per heavy atom. The van der Waals surface area contributed by atoms with E-state index in [1.54, 1.807) is 12.4 Å². The molecule has 104 valence electrons. The molecule has 2 N–H and O–H groups in total. The van der Waals surface area contributed by atoms with Crippen LogP contribution in [0.15, 0.2) is 48.8 Å². The fourth-order valence-corrected chi connectivity index (χ4v) is 2.18. The maximum absolute atomic E-state index is 5.97. The van der Waals surface area contributed by atoms with Crippen LogP contribution in [0.5, 0.6) is 11.5 Å². The van der Waals surface area contributed by atoms with Crippen molar-refractivity contribution >= 4 is 28.1 Å². The molecule has 1 aromatic carbocycles. The van der Waals surface area contributed by atoms with Crippen molar-refractivity contribution in [1.29, 1.82) is 0 Å². The molecule has 0 atom stereocenters. The second-order valence-electron chi connectivity index (χ2n) is 4.62. The molecule has 0 bridgehead atoms. The molecule has 0 spiro atoms. The number of thiocarbonyl (C=S) groups is 1. The summed E-state index contributed by atoms with van der Waals surface area (Å²) in [6.45, 7) is 1.92. The molecule has 3 rings (SSSR count). The third-order valence-corrected chi connectivity index (χ3v) is 3.32. The molecular weight excluding hydrogens is 282 g/mol. The Morgan fingerprint density at radius 1 is 1.10 bits per heavy atom. The highest BCUT2D eigenvalue weighted by Gasteiger charge is 2.13. The van der Waals surface area contributed by atoms with Gasteiger partial charge in [-0.1, -0.05) is 24.4 Å². The highest BCUT2D eigenvalue weighted by molar-refractivity contribution is 7.80. The van der Waals surface area contributed by atoms with E-state index in [4.69, 9.17) is 22.7 Å². The number of para-hydroxylation sites is 1. The van der Waals surface area contributed by atoms with Gasteiger partial charge in [-0.3, -0.25) is 9.97 Å². The van der Waals surface area contributed by atoms with Gasteiger partial charge in [-0.2, -0.15) is 0 Å². The fraction of sp³-hybridized carbons (Fsp3) is 0.0625. The first-order valence-corrected chi connectivity index (χ1v) is 6.84. The van der Waals surface area contributed by atoms with E-state index in [0.717, 1.165) is 16.6 Å². The maximum atomic E-state index is 5.97. The summed E-state index contributed by atoms with van der Waals surface area (Å²) in [5.41, 5.74) is 8.15. The van der Waals surface area contributed by atoms with Gasteiger partial charge in [0.2, 0.25) is 0 Å². The van der Waals surface area contributed by atoms with Gasteiger partial charge in [0, 0.05) is 17.3 Å². The number of benzene rings is 1. The van der Waals surface area contributed by atoms with Crippen molar-refractivity contribution in [2.45, 2.75) is 6.92 Å². The van der Waals surface area contributed by atoms with Crippen LogP contribution in [0.3, 0.4) is 0 Å². The second kappa shape index (κ2) is 5.46. The normalized spacial score (nSPS) is 10.5. The van der Waals surface area contributed by atoms with Gasteiger partial charge in [0.05, 0.1) is 17.3 Å². The summed E-state index contributed by atoms with van der Waals surface area (Å²) in [5, 5.41) is 0.864. The molecule has 0 amide bonds. The molecular formula is C16H13N3OS. The number of nitrogens with two attached hydrogens (primary N) is 1. The van der Waals surface area contributed by atoms with Gasteiger partial charge in [0.25, 0.3) is 0 Å². The number of aromatic nitrogens is 2. The average Bonchev–Trinajstić information content (AvgIpc) is 2.49. The first-order valence-electron chi connectivity index (χ1n) is 6.43. The Labute approximate surface area is 127 Å². The zero-order chi connectivity index (χ0) is 14.8. The molecule has 0 saturated carbocycles. The summed E-state index contributed by atoms with van der Waals surface area (Å²) in [4.78, 5) is 8.83. The molecule has 4 nitrogen and oxygen atoms in total. The number of fused-ring (bicyclic) bond motifs is 1. The first kappa shape index (κ1) is 13.5. The fourth-order valence-electron chi connectivity index (χ4n) is 2.03. The minimum Gasteiger partial charge on any atom is -0.454 e. The summed E-state index contributed by atoms with van der Waals surface area (Å²) >= 11 is 5.09. The Morgan fingerprint density at radius 2 is 1.90 bits per heavy atom. The smallest absolute Gasteiger partial charge is 0.148 e. The van der Waals surface area contributed by atoms with Gasteiger partial charge >= 0.3 is 0 Å². The Bertz CT molecular complexity index is 815. The van der Waals surface area contributed by atoms with Crippen LogP contribution in [0.1, 0.15) is 11.3 Å². The van der Waals surface area contributed by atoms with Gasteiger partial charge in [-0.15, -0.1) is 0 Å².